The Hall–Kier alpha value is 0.430. The molecule has 0 aliphatic carbocycles. The minimum absolute atomic E-state index is 0.155. The fraction of sp³-hybridized carbons (Fsp3) is 0.909. The van der Waals surface area contributed by atoms with Gasteiger partial charge in [0.1, 0.15) is 0 Å². The third kappa shape index (κ3) is 10.1. The average Bonchev–Trinajstić information content (AvgIpc) is 2.24. The topological polar surface area (TPSA) is 33.6 Å². The number of rotatable bonds is 10. The van der Waals surface area contributed by atoms with Gasteiger partial charge in [0.2, 0.25) is 5.62 Å². The molecule has 0 spiro atoms. The Bertz CT molecular complexity index is 260. The van der Waals surface area contributed by atoms with Crippen LogP contribution in [0.15, 0.2) is 4.99 Å². The summed E-state index contributed by atoms with van der Waals surface area (Å²) in [5, 5.41) is 3.20. The maximum atomic E-state index is 5.85. The third-order valence-electron chi connectivity index (χ3n) is 1.77. The van der Waals surface area contributed by atoms with Crippen LogP contribution >= 0.6 is 17.0 Å². The Morgan fingerprint density at radius 2 is 2.12 bits per heavy atom. The molecule has 1 atom stereocenters. The van der Waals surface area contributed by atoms with Gasteiger partial charge in [-0.15, -0.1) is 0 Å². The lowest BCUT2D eigenvalue weighted by Crippen LogP contribution is -2.12. The van der Waals surface area contributed by atoms with Crippen LogP contribution in [0.2, 0.25) is 0 Å². The fourth-order valence-corrected chi connectivity index (χ4v) is 6.14. The molecule has 0 saturated heterocycles. The van der Waals surface area contributed by atoms with Crippen LogP contribution in [0.25, 0.3) is 0 Å². The molecule has 0 saturated carbocycles. The van der Waals surface area contributed by atoms with Crippen molar-refractivity contribution in [1.82, 2.24) is 5.09 Å². The molecule has 17 heavy (non-hydrogen) atoms. The summed E-state index contributed by atoms with van der Waals surface area (Å²) in [6.07, 6.45) is 5.30. The van der Waals surface area contributed by atoms with Gasteiger partial charge in [-0.25, -0.2) is 0 Å². The number of nitrogens with one attached hydrogen (secondary N) is 1. The smallest absolute Gasteiger partial charge is 0.211 e. The number of hydrogen-bond donors (Lipinski definition) is 1. The predicted octanol–water partition coefficient (Wildman–Crippen LogP) is 4.20. The first kappa shape index (κ1) is 17.4. The van der Waals surface area contributed by atoms with E-state index in [9.17, 15) is 0 Å². The van der Waals surface area contributed by atoms with Gasteiger partial charge in [0.15, 0.2) is 0 Å². The molecule has 0 radical (unpaired) electrons. The van der Waals surface area contributed by atoms with Crippen molar-refractivity contribution in [2.45, 2.75) is 53.1 Å². The third-order valence-corrected chi connectivity index (χ3v) is 7.38. The molecule has 6 heteroatoms. The van der Waals surface area contributed by atoms with Crippen LogP contribution in [0.1, 0.15) is 47.0 Å². The second kappa shape index (κ2) is 10.4. The lowest BCUT2D eigenvalue weighted by molar-refractivity contribution is 0.274. The molecule has 0 amide bonds. The number of unbranched alkanes of at least 4 members (excludes halogenated alkanes) is 1. The van der Waals surface area contributed by atoms with E-state index in [1.54, 1.807) is 17.7 Å². The molecular formula is C11H25N2OPS2. The number of hydrogen-bond acceptors (Lipinski definition) is 4. The molecule has 0 aliphatic heterocycles. The molecule has 0 fully saturated rings. The van der Waals surface area contributed by atoms with Crippen molar-refractivity contribution in [3.63, 3.8) is 0 Å². The van der Waals surface area contributed by atoms with Gasteiger partial charge in [-0.2, -0.15) is 0 Å². The van der Waals surface area contributed by atoms with Crippen LogP contribution < -0.4 is 5.09 Å². The van der Waals surface area contributed by atoms with Crippen LogP contribution in [0.4, 0.5) is 0 Å². The molecule has 102 valence electrons. The quantitative estimate of drug-likeness (QED) is 0.283. The molecule has 0 aliphatic rings. The second-order valence-electron chi connectivity index (χ2n) is 4.00. The van der Waals surface area contributed by atoms with E-state index >= 15 is 0 Å². The molecule has 0 rings (SSSR count). The largest absolute Gasteiger partial charge is 0.324 e. The molecule has 1 N–H and O–H groups in total. The van der Waals surface area contributed by atoms with Gasteiger partial charge in [-0.05, 0) is 38.5 Å². The summed E-state index contributed by atoms with van der Waals surface area (Å²) < 4.78 is 5.85. The first-order chi connectivity index (χ1) is 8.04. The molecule has 0 aromatic carbocycles. The molecular weight excluding hydrogens is 271 g/mol. The Labute approximate surface area is 115 Å². The highest BCUT2D eigenvalue weighted by Gasteiger charge is 2.18. The molecule has 0 aromatic heterocycles. The lowest BCUT2D eigenvalue weighted by atomic mass is 10.4. The van der Waals surface area contributed by atoms with Crippen LogP contribution in [0, 0.1) is 0 Å². The van der Waals surface area contributed by atoms with Gasteiger partial charge >= 0.3 is 0 Å². The maximum Gasteiger partial charge on any atom is 0.211 e. The minimum atomic E-state index is -1.99. The zero-order valence-electron chi connectivity index (χ0n) is 11.3. The maximum absolute atomic E-state index is 5.85. The van der Waals surface area contributed by atoms with Crippen LogP contribution in [-0.2, 0) is 16.3 Å². The van der Waals surface area contributed by atoms with Crippen molar-refractivity contribution in [2.75, 3.05) is 12.3 Å². The van der Waals surface area contributed by atoms with Crippen molar-refractivity contribution in [3.05, 3.63) is 0 Å². The van der Waals surface area contributed by atoms with Crippen molar-refractivity contribution >= 4 is 35.1 Å². The van der Waals surface area contributed by atoms with Gasteiger partial charge in [0, 0.05) is 12.3 Å². The fourth-order valence-electron chi connectivity index (χ4n) is 1.01. The number of nitrogens with zero attached hydrogens (tertiary/aromatic N) is 1. The number of aliphatic imine (C=N–C) groups is 1. The van der Waals surface area contributed by atoms with Gasteiger partial charge in [-0.3, -0.25) is 4.99 Å². The monoisotopic (exact) mass is 296 g/mol. The van der Waals surface area contributed by atoms with Crippen LogP contribution in [0.3, 0.4) is 0 Å². The summed E-state index contributed by atoms with van der Waals surface area (Å²) in [4.78, 5) is 4.24. The Balaban J connectivity index is 4.23. The lowest BCUT2D eigenvalue weighted by Gasteiger charge is -2.23. The Morgan fingerprint density at radius 1 is 1.41 bits per heavy atom. The highest BCUT2D eigenvalue weighted by Crippen LogP contribution is 2.56. The summed E-state index contributed by atoms with van der Waals surface area (Å²) in [7, 11) is 0. The highest BCUT2D eigenvalue weighted by atomic mass is 32.9. The van der Waals surface area contributed by atoms with E-state index in [0.717, 1.165) is 18.7 Å². The predicted molar refractivity (Wildman–Crippen MR) is 84.7 cm³/mol. The highest BCUT2D eigenvalue weighted by molar-refractivity contribution is 8.68. The normalized spacial score (nSPS) is 15.4. The van der Waals surface area contributed by atoms with Crippen LogP contribution in [-0.4, -0.2) is 24.7 Å². The standard InChI is InChI=1S/C11H25N2OPS2/c1-5-7-9-17-15(16,14-11(3)4)13-10-12-8-6-2/h10-11H,5-9H2,1-4H3,(H,12,13,16). The Kier molecular flexibility index (Phi) is 10.6. The van der Waals surface area contributed by atoms with Crippen LogP contribution in [0.5, 0.6) is 0 Å². The summed E-state index contributed by atoms with van der Waals surface area (Å²) in [6.45, 7) is 9.17. The average molecular weight is 296 g/mol. The van der Waals surface area contributed by atoms with Gasteiger partial charge < -0.3 is 9.61 Å². The molecule has 0 bridgehead atoms. The van der Waals surface area contributed by atoms with E-state index in [0.29, 0.717) is 0 Å². The minimum Gasteiger partial charge on any atom is -0.324 e. The van der Waals surface area contributed by atoms with E-state index < -0.39 is 5.62 Å². The van der Waals surface area contributed by atoms with E-state index in [1.807, 2.05) is 13.8 Å². The first-order valence-corrected chi connectivity index (χ1v) is 10.5. The SMILES string of the molecule is CCCCSP(=S)(NC=NCCC)OC(C)C. The molecule has 0 aromatic rings. The summed E-state index contributed by atoms with van der Waals surface area (Å²) >= 11 is 7.33. The van der Waals surface area contributed by atoms with E-state index in [-0.39, 0.29) is 6.10 Å². The van der Waals surface area contributed by atoms with E-state index in [2.05, 4.69) is 23.9 Å². The van der Waals surface area contributed by atoms with E-state index in [4.69, 9.17) is 16.3 Å². The van der Waals surface area contributed by atoms with Gasteiger partial charge in [0.05, 0.1) is 12.4 Å². The van der Waals surface area contributed by atoms with Crippen molar-refractivity contribution < 1.29 is 4.52 Å². The molecule has 0 heterocycles. The summed E-state index contributed by atoms with van der Waals surface area (Å²) in [5.41, 5.74) is -1.99. The summed E-state index contributed by atoms with van der Waals surface area (Å²) in [5.74, 6) is 1.05. The second-order valence-corrected chi connectivity index (χ2v) is 10.7. The zero-order chi connectivity index (χ0) is 13.1. The molecule has 3 nitrogen and oxygen atoms in total. The van der Waals surface area contributed by atoms with Gasteiger partial charge in [0.25, 0.3) is 0 Å². The van der Waals surface area contributed by atoms with Crippen molar-refractivity contribution in [1.29, 1.82) is 0 Å². The zero-order valence-corrected chi connectivity index (χ0v) is 13.8. The van der Waals surface area contributed by atoms with E-state index in [1.165, 1.54) is 12.8 Å². The summed E-state index contributed by atoms with van der Waals surface area (Å²) in [6, 6.07) is 0. The van der Waals surface area contributed by atoms with Gasteiger partial charge in [-0.1, -0.05) is 31.7 Å². The first-order valence-electron chi connectivity index (χ1n) is 6.23. The molecule has 1 unspecified atom stereocenters. The Morgan fingerprint density at radius 3 is 2.65 bits per heavy atom. The van der Waals surface area contributed by atoms with Crippen molar-refractivity contribution in [3.8, 4) is 0 Å². The van der Waals surface area contributed by atoms with Crippen molar-refractivity contribution in [2.24, 2.45) is 4.99 Å².